The minimum atomic E-state index is 0.277. The van der Waals surface area contributed by atoms with E-state index in [4.69, 9.17) is 4.74 Å². The molecular weight excluding hydrogens is 240 g/mol. The molecule has 2 aliphatic rings. The Bertz CT molecular complexity index is 447. The third kappa shape index (κ3) is 2.72. The summed E-state index contributed by atoms with van der Waals surface area (Å²) in [5.74, 6) is 1.35. The highest BCUT2D eigenvalue weighted by Gasteiger charge is 2.33. The lowest BCUT2D eigenvalue weighted by Gasteiger charge is -2.23. The van der Waals surface area contributed by atoms with E-state index in [1.54, 1.807) is 13.4 Å². The van der Waals surface area contributed by atoms with Gasteiger partial charge >= 0.3 is 0 Å². The normalized spacial score (nSPS) is 25.1. The second-order valence-corrected chi connectivity index (χ2v) is 5.58. The summed E-state index contributed by atoms with van der Waals surface area (Å²) in [7, 11) is 3.87. The van der Waals surface area contributed by atoms with E-state index in [1.165, 1.54) is 30.5 Å². The smallest absolute Gasteiger partial charge is 0.221 e. The Hall–Kier alpha value is -1.20. The van der Waals surface area contributed by atoms with Gasteiger partial charge in [0.05, 0.1) is 24.4 Å². The molecule has 1 N–H and O–H groups in total. The monoisotopic (exact) mass is 262 g/mol. The highest BCUT2D eigenvalue weighted by molar-refractivity contribution is 5.37. The van der Waals surface area contributed by atoms with Crippen LogP contribution in [-0.2, 0) is 0 Å². The minimum absolute atomic E-state index is 0.277. The Kier molecular flexibility index (Phi) is 3.66. The molecule has 0 radical (unpaired) electrons. The molecule has 5 nitrogen and oxygen atoms in total. The summed E-state index contributed by atoms with van der Waals surface area (Å²) < 4.78 is 5.48. The van der Waals surface area contributed by atoms with E-state index in [0.29, 0.717) is 5.92 Å². The van der Waals surface area contributed by atoms with E-state index in [1.807, 2.05) is 0 Å². The number of rotatable bonds is 3. The first-order chi connectivity index (χ1) is 9.29. The Morgan fingerprint density at radius 3 is 2.95 bits per heavy atom. The van der Waals surface area contributed by atoms with Crippen molar-refractivity contribution in [2.75, 3.05) is 33.8 Å². The van der Waals surface area contributed by atoms with Crippen molar-refractivity contribution in [1.82, 2.24) is 20.2 Å². The minimum Gasteiger partial charge on any atom is -0.481 e. The van der Waals surface area contributed by atoms with Crippen LogP contribution in [0, 0.1) is 0 Å². The predicted molar refractivity (Wildman–Crippen MR) is 73.4 cm³/mol. The molecule has 1 atom stereocenters. The van der Waals surface area contributed by atoms with Crippen LogP contribution in [0.15, 0.2) is 6.33 Å². The van der Waals surface area contributed by atoms with E-state index in [9.17, 15) is 0 Å². The molecule has 0 aromatic carbocycles. The molecule has 0 spiro atoms. The third-order valence-corrected chi connectivity index (χ3v) is 3.99. The standard InChI is InChI=1S/C14H22N4O/c1-18-7-3-6-15-11(8-18)12-13(10-4-5-10)16-9-17-14(12)19-2/h9-11,15H,3-8H2,1-2H3. The Labute approximate surface area is 114 Å². The van der Waals surface area contributed by atoms with Crippen LogP contribution >= 0.6 is 0 Å². The fourth-order valence-corrected chi connectivity index (χ4v) is 2.85. The average Bonchev–Trinajstić information content (AvgIpc) is 3.25. The first kappa shape index (κ1) is 12.8. The summed E-state index contributed by atoms with van der Waals surface area (Å²) in [5, 5.41) is 3.62. The van der Waals surface area contributed by atoms with Gasteiger partial charge in [0.2, 0.25) is 5.88 Å². The molecule has 1 saturated carbocycles. The lowest BCUT2D eigenvalue weighted by molar-refractivity contribution is 0.316. The molecule has 2 heterocycles. The third-order valence-electron chi connectivity index (χ3n) is 3.99. The zero-order valence-electron chi connectivity index (χ0n) is 11.7. The van der Waals surface area contributed by atoms with Crippen LogP contribution in [0.2, 0.25) is 0 Å². The van der Waals surface area contributed by atoms with Gasteiger partial charge in [-0.3, -0.25) is 0 Å². The summed E-state index contributed by atoms with van der Waals surface area (Å²) in [6, 6.07) is 0.277. The zero-order chi connectivity index (χ0) is 13.2. The lowest BCUT2D eigenvalue weighted by Crippen LogP contribution is -2.30. The number of hydrogen-bond acceptors (Lipinski definition) is 5. The first-order valence-corrected chi connectivity index (χ1v) is 7.10. The van der Waals surface area contributed by atoms with Gasteiger partial charge in [0, 0.05) is 12.5 Å². The van der Waals surface area contributed by atoms with Crippen molar-refractivity contribution in [2.45, 2.75) is 31.2 Å². The highest BCUT2D eigenvalue weighted by Crippen LogP contribution is 2.43. The number of ether oxygens (including phenoxy) is 1. The number of nitrogens with zero attached hydrogens (tertiary/aromatic N) is 3. The van der Waals surface area contributed by atoms with Crippen LogP contribution in [0.25, 0.3) is 0 Å². The van der Waals surface area contributed by atoms with Crippen molar-refractivity contribution in [3.8, 4) is 5.88 Å². The quantitative estimate of drug-likeness (QED) is 0.890. The van der Waals surface area contributed by atoms with Crippen LogP contribution < -0.4 is 10.1 Å². The highest BCUT2D eigenvalue weighted by atomic mass is 16.5. The maximum Gasteiger partial charge on any atom is 0.221 e. The van der Waals surface area contributed by atoms with Gasteiger partial charge in [0.15, 0.2) is 0 Å². The van der Waals surface area contributed by atoms with Gasteiger partial charge in [-0.1, -0.05) is 0 Å². The Morgan fingerprint density at radius 1 is 1.37 bits per heavy atom. The van der Waals surface area contributed by atoms with Crippen LogP contribution in [-0.4, -0.2) is 48.7 Å². The van der Waals surface area contributed by atoms with Crippen molar-refractivity contribution in [3.05, 3.63) is 17.6 Å². The van der Waals surface area contributed by atoms with Crippen LogP contribution in [0.4, 0.5) is 0 Å². The molecular formula is C14H22N4O. The molecule has 1 saturated heterocycles. The number of likely N-dealkylation sites (N-methyl/N-ethyl adjacent to an activating group) is 1. The molecule has 2 fully saturated rings. The van der Waals surface area contributed by atoms with Gasteiger partial charge in [-0.2, -0.15) is 0 Å². The summed E-state index contributed by atoms with van der Waals surface area (Å²) in [6.45, 7) is 3.17. The molecule has 1 aromatic heterocycles. The van der Waals surface area contributed by atoms with E-state index in [-0.39, 0.29) is 6.04 Å². The molecule has 1 aromatic rings. The van der Waals surface area contributed by atoms with Gasteiger partial charge in [-0.25, -0.2) is 9.97 Å². The van der Waals surface area contributed by atoms with Crippen LogP contribution in [0.1, 0.15) is 42.5 Å². The molecule has 1 unspecified atom stereocenters. The maximum atomic E-state index is 5.48. The van der Waals surface area contributed by atoms with E-state index >= 15 is 0 Å². The largest absolute Gasteiger partial charge is 0.481 e. The van der Waals surface area contributed by atoms with Crippen molar-refractivity contribution >= 4 is 0 Å². The maximum absolute atomic E-state index is 5.48. The van der Waals surface area contributed by atoms with Crippen molar-refractivity contribution < 1.29 is 4.74 Å². The Balaban J connectivity index is 1.96. The number of nitrogens with one attached hydrogen (secondary N) is 1. The number of hydrogen-bond donors (Lipinski definition) is 1. The van der Waals surface area contributed by atoms with Crippen molar-refractivity contribution in [3.63, 3.8) is 0 Å². The lowest BCUT2D eigenvalue weighted by atomic mass is 10.0. The molecule has 5 heteroatoms. The SMILES string of the molecule is COc1ncnc(C2CC2)c1C1CN(C)CCCN1. The van der Waals surface area contributed by atoms with Crippen LogP contribution in [0.5, 0.6) is 5.88 Å². The fraction of sp³-hybridized carbons (Fsp3) is 0.714. The summed E-state index contributed by atoms with van der Waals surface area (Å²) >= 11 is 0. The van der Waals surface area contributed by atoms with Gasteiger partial charge < -0.3 is 15.0 Å². The molecule has 3 rings (SSSR count). The average molecular weight is 262 g/mol. The van der Waals surface area contributed by atoms with Crippen molar-refractivity contribution in [1.29, 1.82) is 0 Å². The van der Waals surface area contributed by atoms with E-state index < -0.39 is 0 Å². The molecule has 0 bridgehead atoms. The summed E-state index contributed by atoms with van der Waals surface area (Å²) in [6.07, 6.45) is 5.31. The summed E-state index contributed by atoms with van der Waals surface area (Å²) in [4.78, 5) is 11.2. The molecule has 104 valence electrons. The van der Waals surface area contributed by atoms with Gasteiger partial charge in [0.1, 0.15) is 6.33 Å². The molecule has 1 aliphatic heterocycles. The molecule has 19 heavy (non-hydrogen) atoms. The second-order valence-electron chi connectivity index (χ2n) is 5.58. The first-order valence-electron chi connectivity index (χ1n) is 7.10. The summed E-state index contributed by atoms with van der Waals surface area (Å²) in [5.41, 5.74) is 2.38. The van der Waals surface area contributed by atoms with Crippen molar-refractivity contribution in [2.24, 2.45) is 0 Å². The van der Waals surface area contributed by atoms with E-state index in [0.717, 1.165) is 25.5 Å². The van der Waals surface area contributed by atoms with E-state index in [2.05, 4.69) is 27.2 Å². The topological polar surface area (TPSA) is 50.3 Å². The molecule has 1 aliphatic carbocycles. The van der Waals surface area contributed by atoms with Gasteiger partial charge in [-0.15, -0.1) is 0 Å². The van der Waals surface area contributed by atoms with Gasteiger partial charge in [-0.05, 0) is 39.4 Å². The predicted octanol–water partition coefficient (Wildman–Crippen LogP) is 1.33. The zero-order valence-corrected chi connectivity index (χ0v) is 11.7. The van der Waals surface area contributed by atoms with Crippen LogP contribution in [0.3, 0.4) is 0 Å². The van der Waals surface area contributed by atoms with Gasteiger partial charge in [0.25, 0.3) is 0 Å². The fourth-order valence-electron chi connectivity index (χ4n) is 2.85. The Morgan fingerprint density at radius 2 is 2.21 bits per heavy atom. The molecule has 0 amide bonds. The second kappa shape index (κ2) is 5.43. The number of methoxy groups -OCH3 is 1. The number of aromatic nitrogens is 2.